The van der Waals surface area contributed by atoms with E-state index in [1.54, 1.807) is 12.1 Å². The maximum atomic E-state index is 14.3. The Morgan fingerprint density at radius 1 is 1.30 bits per heavy atom. The summed E-state index contributed by atoms with van der Waals surface area (Å²) in [7, 11) is -3.50. The Labute approximate surface area is 126 Å². The molecule has 0 amide bonds. The summed E-state index contributed by atoms with van der Waals surface area (Å²) in [5.74, 6) is -0.426. The van der Waals surface area contributed by atoms with Crippen LogP contribution < -0.4 is 0 Å². The Morgan fingerprint density at radius 3 is 2.40 bits per heavy atom. The predicted molar refractivity (Wildman–Crippen MR) is 80.8 cm³/mol. The molecule has 1 aromatic carbocycles. The van der Waals surface area contributed by atoms with Crippen molar-refractivity contribution in [2.24, 2.45) is 0 Å². The van der Waals surface area contributed by atoms with Crippen molar-refractivity contribution in [3.8, 4) is 0 Å². The quantitative estimate of drug-likeness (QED) is 0.859. The molecule has 6 heteroatoms. The second-order valence-electron chi connectivity index (χ2n) is 5.14. The molecule has 1 aliphatic rings. The molecule has 0 saturated carbocycles. The number of halogens is 2. The maximum absolute atomic E-state index is 14.3. The van der Waals surface area contributed by atoms with Crippen LogP contribution in [0.25, 0.3) is 0 Å². The standard InChI is InChI=1S/C14H20FNO2S.ClH/c1-3-16-9-7-11(8-10-16)12-5-4-6-13(14(12)15)19(2,17)18;/h4-6,11H,3,7-10H2,1-2H3;1H. The molecule has 114 valence electrons. The third kappa shape index (κ3) is 3.71. The van der Waals surface area contributed by atoms with E-state index in [-0.39, 0.29) is 23.2 Å². The Hall–Kier alpha value is -0.650. The third-order valence-corrected chi connectivity index (χ3v) is 4.98. The fourth-order valence-corrected chi connectivity index (χ4v) is 3.46. The largest absolute Gasteiger partial charge is 0.304 e. The van der Waals surface area contributed by atoms with E-state index in [0.29, 0.717) is 5.56 Å². The zero-order valence-electron chi connectivity index (χ0n) is 11.8. The van der Waals surface area contributed by atoms with Gasteiger partial charge in [0.15, 0.2) is 9.84 Å². The summed E-state index contributed by atoms with van der Waals surface area (Å²) >= 11 is 0. The van der Waals surface area contributed by atoms with Gasteiger partial charge in [0, 0.05) is 6.26 Å². The van der Waals surface area contributed by atoms with Crippen molar-refractivity contribution in [1.82, 2.24) is 4.90 Å². The number of piperidine rings is 1. The van der Waals surface area contributed by atoms with Crippen LogP contribution in [0.4, 0.5) is 4.39 Å². The highest BCUT2D eigenvalue weighted by atomic mass is 35.5. The average Bonchev–Trinajstić information content (AvgIpc) is 2.38. The van der Waals surface area contributed by atoms with Gasteiger partial charge in [0.25, 0.3) is 0 Å². The Morgan fingerprint density at radius 2 is 1.90 bits per heavy atom. The number of rotatable bonds is 3. The topological polar surface area (TPSA) is 37.4 Å². The van der Waals surface area contributed by atoms with Crippen molar-refractivity contribution in [3.05, 3.63) is 29.6 Å². The first-order valence-corrected chi connectivity index (χ1v) is 8.53. The van der Waals surface area contributed by atoms with Crippen molar-refractivity contribution in [1.29, 1.82) is 0 Å². The van der Waals surface area contributed by atoms with E-state index in [4.69, 9.17) is 0 Å². The summed E-state index contributed by atoms with van der Waals surface area (Å²) in [5.41, 5.74) is 0.554. The molecule has 1 saturated heterocycles. The van der Waals surface area contributed by atoms with Crippen molar-refractivity contribution < 1.29 is 12.8 Å². The van der Waals surface area contributed by atoms with Gasteiger partial charge in [0.05, 0.1) is 0 Å². The summed E-state index contributed by atoms with van der Waals surface area (Å²) in [5, 5.41) is 0. The minimum Gasteiger partial charge on any atom is -0.304 e. The average molecular weight is 322 g/mol. The van der Waals surface area contributed by atoms with Crippen molar-refractivity contribution >= 4 is 22.2 Å². The Kier molecular flexibility index (Phi) is 5.98. The van der Waals surface area contributed by atoms with Gasteiger partial charge in [0.2, 0.25) is 0 Å². The van der Waals surface area contributed by atoms with Crippen LogP contribution in [-0.4, -0.2) is 39.2 Å². The third-order valence-electron chi connectivity index (χ3n) is 3.87. The summed E-state index contributed by atoms with van der Waals surface area (Å²) in [6.07, 6.45) is 2.82. The highest BCUT2D eigenvalue weighted by molar-refractivity contribution is 7.90. The van der Waals surface area contributed by atoms with Crippen LogP contribution in [0.5, 0.6) is 0 Å². The minimum atomic E-state index is -3.50. The van der Waals surface area contributed by atoms with Gasteiger partial charge in [-0.25, -0.2) is 12.8 Å². The van der Waals surface area contributed by atoms with Crippen LogP contribution in [0.2, 0.25) is 0 Å². The molecular formula is C14H21ClFNO2S. The van der Waals surface area contributed by atoms with Crippen molar-refractivity contribution in [3.63, 3.8) is 0 Å². The van der Waals surface area contributed by atoms with Gasteiger partial charge in [-0.1, -0.05) is 19.1 Å². The van der Waals surface area contributed by atoms with E-state index in [2.05, 4.69) is 11.8 Å². The summed E-state index contributed by atoms with van der Waals surface area (Å²) in [6.45, 7) is 5.02. The lowest BCUT2D eigenvalue weighted by Gasteiger charge is -2.31. The van der Waals surface area contributed by atoms with Crippen LogP contribution in [0, 0.1) is 5.82 Å². The normalized spacial score (nSPS) is 17.8. The lowest BCUT2D eigenvalue weighted by Crippen LogP contribution is -2.32. The van der Waals surface area contributed by atoms with E-state index in [1.807, 2.05) is 0 Å². The van der Waals surface area contributed by atoms with Gasteiger partial charge >= 0.3 is 0 Å². The molecule has 0 aromatic heterocycles. The van der Waals surface area contributed by atoms with E-state index in [0.717, 1.165) is 38.7 Å². The zero-order chi connectivity index (χ0) is 14.0. The highest BCUT2D eigenvalue weighted by Crippen LogP contribution is 2.31. The summed E-state index contributed by atoms with van der Waals surface area (Å²) in [4.78, 5) is 2.15. The molecule has 0 bridgehead atoms. The molecule has 3 nitrogen and oxygen atoms in total. The first-order chi connectivity index (χ1) is 8.93. The monoisotopic (exact) mass is 321 g/mol. The number of sulfone groups is 1. The van der Waals surface area contributed by atoms with Gasteiger partial charge < -0.3 is 4.90 Å². The van der Waals surface area contributed by atoms with Crippen molar-refractivity contribution in [2.45, 2.75) is 30.6 Å². The SMILES string of the molecule is CCN1CCC(c2cccc(S(C)(=O)=O)c2F)CC1.Cl. The number of likely N-dealkylation sites (tertiary alicyclic amines) is 1. The first-order valence-electron chi connectivity index (χ1n) is 6.64. The lowest BCUT2D eigenvalue weighted by molar-refractivity contribution is 0.220. The van der Waals surface area contributed by atoms with E-state index in [9.17, 15) is 12.8 Å². The molecule has 2 rings (SSSR count). The van der Waals surface area contributed by atoms with Crippen LogP contribution in [0.3, 0.4) is 0 Å². The number of hydrogen-bond acceptors (Lipinski definition) is 3. The second kappa shape index (κ2) is 6.87. The Bertz CT molecular complexity index is 554. The molecule has 1 fully saturated rings. The molecule has 1 aromatic rings. The zero-order valence-corrected chi connectivity index (χ0v) is 13.4. The number of nitrogens with zero attached hydrogens (tertiary/aromatic N) is 1. The van der Waals surface area contributed by atoms with Gasteiger partial charge in [-0.05, 0) is 50.0 Å². The number of benzene rings is 1. The molecule has 0 spiro atoms. The minimum absolute atomic E-state index is 0. The van der Waals surface area contributed by atoms with E-state index in [1.165, 1.54) is 6.07 Å². The summed E-state index contributed by atoms with van der Waals surface area (Å²) in [6, 6.07) is 4.70. The van der Waals surface area contributed by atoms with Gasteiger partial charge in [0.1, 0.15) is 10.7 Å². The van der Waals surface area contributed by atoms with Crippen molar-refractivity contribution in [2.75, 3.05) is 25.9 Å². The molecule has 0 radical (unpaired) electrons. The number of hydrogen-bond donors (Lipinski definition) is 0. The molecular weight excluding hydrogens is 301 g/mol. The molecule has 20 heavy (non-hydrogen) atoms. The molecule has 0 aliphatic carbocycles. The van der Waals surface area contributed by atoms with Gasteiger partial charge in [-0.2, -0.15) is 0 Å². The lowest BCUT2D eigenvalue weighted by atomic mass is 9.89. The predicted octanol–water partition coefficient (Wildman–Crippen LogP) is 2.85. The first kappa shape index (κ1) is 17.4. The van der Waals surface area contributed by atoms with Gasteiger partial charge in [-0.3, -0.25) is 0 Å². The molecule has 0 atom stereocenters. The smallest absolute Gasteiger partial charge is 0.178 e. The fourth-order valence-electron chi connectivity index (χ4n) is 2.69. The van der Waals surface area contributed by atoms with Crippen LogP contribution in [0.1, 0.15) is 31.2 Å². The molecule has 1 aliphatic heterocycles. The van der Waals surface area contributed by atoms with Crippen LogP contribution in [-0.2, 0) is 9.84 Å². The molecule has 0 unspecified atom stereocenters. The van der Waals surface area contributed by atoms with Gasteiger partial charge in [-0.15, -0.1) is 12.4 Å². The van der Waals surface area contributed by atoms with Crippen LogP contribution in [0.15, 0.2) is 23.1 Å². The maximum Gasteiger partial charge on any atom is 0.178 e. The fraction of sp³-hybridized carbons (Fsp3) is 0.571. The highest BCUT2D eigenvalue weighted by Gasteiger charge is 2.25. The summed E-state index contributed by atoms with van der Waals surface area (Å²) < 4.78 is 37.4. The second-order valence-corrected chi connectivity index (χ2v) is 7.12. The Balaban J connectivity index is 0.00000200. The molecule has 0 N–H and O–H groups in total. The molecule has 1 heterocycles. The van der Waals surface area contributed by atoms with E-state index >= 15 is 0 Å². The van der Waals surface area contributed by atoms with E-state index < -0.39 is 15.7 Å². The van der Waals surface area contributed by atoms with Crippen LogP contribution >= 0.6 is 12.4 Å².